The highest BCUT2D eigenvalue weighted by Gasteiger charge is 2.27. The van der Waals surface area contributed by atoms with Gasteiger partial charge >= 0.3 is 0 Å². The first-order valence-corrected chi connectivity index (χ1v) is 11.8. The van der Waals surface area contributed by atoms with E-state index in [1.54, 1.807) is 13.0 Å². The Kier molecular flexibility index (Phi) is 6.25. The maximum atomic E-state index is 11.8. The van der Waals surface area contributed by atoms with Gasteiger partial charge in [-0.05, 0) is 31.4 Å². The molecule has 0 unspecified atom stereocenters. The molecule has 9 nitrogen and oxygen atoms in total. The van der Waals surface area contributed by atoms with Crippen LogP contribution in [-0.2, 0) is 19.9 Å². The van der Waals surface area contributed by atoms with Crippen molar-refractivity contribution in [2.75, 3.05) is 30.0 Å². The largest absolute Gasteiger partial charge is 0.371 e. The van der Waals surface area contributed by atoms with Gasteiger partial charge in [-0.2, -0.15) is 0 Å². The fourth-order valence-corrected chi connectivity index (χ4v) is 5.22. The van der Waals surface area contributed by atoms with Crippen LogP contribution in [0.1, 0.15) is 26.2 Å². The molecule has 1 heterocycles. The third-order valence-corrected chi connectivity index (χ3v) is 7.00. The van der Waals surface area contributed by atoms with Crippen molar-refractivity contribution < 1.29 is 21.8 Å². The zero-order chi connectivity index (χ0) is 19.5. The molecule has 1 N–H and O–H groups in total. The number of nitrogens with zero attached hydrogens (tertiary/aromatic N) is 2. The summed E-state index contributed by atoms with van der Waals surface area (Å²) < 4.78 is 49.8. The number of sulfone groups is 1. The molecule has 1 aliphatic heterocycles. The maximum absolute atomic E-state index is 11.8. The normalized spacial score (nSPS) is 16.6. The van der Waals surface area contributed by atoms with Crippen molar-refractivity contribution in [3.8, 4) is 0 Å². The van der Waals surface area contributed by atoms with Gasteiger partial charge in [0.15, 0.2) is 9.84 Å². The molecular formula is C15H23N3O6S2. The lowest BCUT2D eigenvalue weighted by atomic mass is 10.1. The maximum Gasteiger partial charge on any atom is 0.290 e. The van der Waals surface area contributed by atoms with E-state index in [4.69, 9.17) is 0 Å². The van der Waals surface area contributed by atoms with Gasteiger partial charge in [-0.3, -0.25) is 10.1 Å². The molecule has 1 aromatic carbocycles. The van der Waals surface area contributed by atoms with Gasteiger partial charge < -0.3 is 4.90 Å². The zero-order valence-corrected chi connectivity index (χ0v) is 16.3. The van der Waals surface area contributed by atoms with Crippen LogP contribution in [0.4, 0.5) is 11.4 Å². The van der Waals surface area contributed by atoms with Crippen LogP contribution in [0.5, 0.6) is 0 Å². The summed E-state index contributed by atoms with van der Waals surface area (Å²) in [6.07, 6.45) is 2.63. The van der Waals surface area contributed by atoms with E-state index in [0.29, 0.717) is 38.0 Å². The van der Waals surface area contributed by atoms with E-state index in [-0.39, 0.29) is 16.7 Å². The minimum absolute atomic E-state index is 0.0896. The molecule has 0 spiro atoms. The molecular weight excluding hydrogens is 382 g/mol. The summed E-state index contributed by atoms with van der Waals surface area (Å²) in [5.74, 6) is 0.0896. The second kappa shape index (κ2) is 7.89. The van der Waals surface area contributed by atoms with Crippen molar-refractivity contribution in [1.29, 1.82) is 0 Å². The van der Waals surface area contributed by atoms with Gasteiger partial charge in [-0.25, -0.2) is 21.6 Å². The summed E-state index contributed by atoms with van der Waals surface area (Å²) in [7, 11) is -6.98. The molecule has 11 heteroatoms. The first-order chi connectivity index (χ1) is 12.0. The summed E-state index contributed by atoms with van der Waals surface area (Å²) >= 11 is 0. The van der Waals surface area contributed by atoms with E-state index in [2.05, 4.69) is 4.72 Å². The topological polar surface area (TPSA) is 127 Å². The smallest absolute Gasteiger partial charge is 0.290 e. The number of piperidine rings is 1. The summed E-state index contributed by atoms with van der Waals surface area (Å²) in [5.41, 5.74) is 0.106. The van der Waals surface area contributed by atoms with Crippen molar-refractivity contribution in [2.24, 2.45) is 0 Å². The van der Waals surface area contributed by atoms with Crippen LogP contribution in [-0.4, -0.2) is 52.9 Å². The monoisotopic (exact) mass is 405 g/mol. The van der Waals surface area contributed by atoms with Gasteiger partial charge in [-0.15, -0.1) is 0 Å². The molecule has 0 atom stereocenters. The molecule has 0 radical (unpaired) electrons. The Labute approximate surface area is 153 Å². The standard InChI is InChI=1S/C15H23N3O6S2/c1-3-10-26(23,24)16-12-6-8-17(9-7-12)13-4-5-15(25(2,21)22)14(11-13)18(19)20/h4-5,11-12,16H,3,6-10H2,1-2H3. The second-order valence-corrected chi connectivity index (χ2v) is 10.2. The van der Waals surface area contributed by atoms with Crippen LogP contribution >= 0.6 is 0 Å². The number of sulfonamides is 1. The van der Waals surface area contributed by atoms with Crippen LogP contribution in [0, 0.1) is 10.1 Å². The molecule has 26 heavy (non-hydrogen) atoms. The summed E-state index contributed by atoms with van der Waals surface area (Å²) in [6, 6.07) is 3.90. The van der Waals surface area contributed by atoms with Crippen LogP contribution in [0.25, 0.3) is 0 Å². The Morgan fingerprint density at radius 3 is 2.35 bits per heavy atom. The number of nitro groups is 1. The number of hydrogen-bond acceptors (Lipinski definition) is 7. The summed E-state index contributed by atoms with van der Waals surface area (Å²) in [4.78, 5) is 12.1. The first-order valence-electron chi connectivity index (χ1n) is 8.27. The van der Waals surface area contributed by atoms with Gasteiger partial charge in [0, 0.05) is 37.1 Å². The van der Waals surface area contributed by atoms with Crippen LogP contribution < -0.4 is 9.62 Å². The van der Waals surface area contributed by atoms with E-state index in [1.165, 1.54) is 12.1 Å². The Morgan fingerprint density at radius 1 is 1.23 bits per heavy atom. The van der Waals surface area contributed by atoms with E-state index in [1.807, 2.05) is 4.90 Å². The molecule has 1 saturated heterocycles. The van der Waals surface area contributed by atoms with Crippen molar-refractivity contribution in [2.45, 2.75) is 37.1 Å². The number of benzene rings is 1. The van der Waals surface area contributed by atoms with Crippen molar-refractivity contribution in [3.05, 3.63) is 28.3 Å². The number of hydrogen-bond donors (Lipinski definition) is 1. The van der Waals surface area contributed by atoms with Crippen molar-refractivity contribution in [1.82, 2.24) is 4.72 Å². The fourth-order valence-electron chi connectivity index (χ4n) is 3.00. The predicted octanol–water partition coefficient (Wildman–Crippen LogP) is 1.30. The van der Waals surface area contributed by atoms with E-state index in [0.717, 1.165) is 6.26 Å². The lowest BCUT2D eigenvalue weighted by Crippen LogP contribution is -2.45. The third kappa shape index (κ3) is 5.15. The molecule has 1 aromatic rings. The quantitative estimate of drug-likeness (QED) is 0.535. The predicted molar refractivity (Wildman–Crippen MR) is 98.7 cm³/mol. The summed E-state index contributed by atoms with van der Waals surface area (Å²) in [6.45, 7) is 2.85. The van der Waals surface area contributed by atoms with Gasteiger partial charge in [0.2, 0.25) is 10.0 Å². The average molecular weight is 405 g/mol. The van der Waals surface area contributed by atoms with E-state index in [9.17, 15) is 26.9 Å². The highest BCUT2D eigenvalue weighted by molar-refractivity contribution is 7.90. The average Bonchev–Trinajstić information content (AvgIpc) is 2.53. The molecule has 1 aliphatic rings. The first kappa shape index (κ1) is 20.6. The molecule has 0 aromatic heterocycles. The summed E-state index contributed by atoms with van der Waals surface area (Å²) in [5, 5.41) is 11.2. The SMILES string of the molecule is CCCS(=O)(=O)NC1CCN(c2ccc(S(C)(=O)=O)c([N+](=O)[O-])c2)CC1. The lowest BCUT2D eigenvalue weighted by Gasteiger charge is -2.33. The van der Waals surface area contributed by atoms with Crippen LogP contribution in [0.15, 0.2) is 23.1 Å². The Hall–Kier alpha value is -1.72. The fraction of sp³-hybridized carbons (Fsp3) is 0.600. The molecule has 0 saturated carbocycles. The molecule has 1 fully saturated rings. The minimum atomic E-state index is -3.70. The Balaban J connectivity index is 2.12. The van der Waals surface area contributed by atoms with Crippen LogP contribution in [0.3, 0.4) is 0 Å². The highest BCUT2D eigenvalue weighted by Crippen LogP contribution is 2.30. The zero-order valence-electron chi connectivity index (χ0n) is 14.7. The van der Waals surface area contributed by atoms with Gasteiger partial charge in [0.05, 0.1) is 10.7 Å². The van der Waals surface area contributed by atoms with Crippen LogP contribution in [0.2, 0.25) is 0 Å². The Bertz CT molecular complexity index is 875. The Morgan fingerprint density at radius 2 is 1.85 bits per heavy atom. The number of anilines is 1. The number of nitrogens with one attached hydrogen (secondary N) is 1. The number of rotatable bonds is 7. The number of nitro benzene ring substituents is 1. The molecule has 146 valence electrons. The minimum Gasteiger partial charge on any atom is -0.371 e. The lowest BCUT2D eigenvalue weighted by molar-refractivity contribution is -0.387. The van der Waals surface area contributed by atoms with Gasteiger partial charge in [0.1, 0.15) is 4.90 Å². The van der Waals surface area contributed by atoms with Gasteiger partial charge in [-0.1, -0.05) is 6.92 Å². The molecule has 2 rings (SSSR count). The van der Waals surface area contributed by atoms with Crippen molar-refractivity contribution >= 4 is 31.2 Å². The van der Waals surface area contributed by atoms with Crippen molar-refractivity contribution in [3.63, 3.8) is 0 Å². The van der Waals surface area contributed by atoms with E-state index >= 15 is 0 Å². The molecule has 0 bridgehead atoms. The third-order valence-electron chi connectivity index (χ3n) is 4.22. The van der Waals surface area contributed by atoms with Gasteiger partial charge in [0.25, 0.3) is 5.69 Å². The second-order valence-electron chi connectivity index (χ2n) is 6.38. The molecule has 0 amide bonds. The van der Waals surface area contributed by atoms with E-state index < -0.39 is 30.5 Å². The molecule has 0 aliphatic carbocycles. The highest BCUT2D eigenvalue weighted by atomic mass is 32.2.